The molecule has 1 rings (SSSR count). The number of carbonyl (C=O) groups excluding carboxylic acids is 1. The highest BCUT2D eigenvalue weighted by atomic mass is 16.7. The second kappa shape index (κ2) is 3.76. The molecule has 1 aliphatic rings. The van der Waals surface area contributed by atoms with Crippen LogP contribution in [0.1, 0.15) is 19.8 Å². The first-order valence-electron chi connectivity index (χ1n) is 4.13. The molecule has 1 N–H and O–H groups in total. The molecule has 0 amide bonds. The predicted octanol–water partition coefficient (Wildman–Crippen LogP) is 0.932. The van der Waals surface area contributed by atoms with Crippen molar-refractivity contribution in [2.24, 2.45) is 5.41 Å². The lowest BCUT2D eigenvalue weighted by molar-refractivity contribution is -0.0696. The maximum absolute atomic E-state index is 10.6. The SMILES string of the molecule is CCC1(CCO)COC(=O)OC1. The number of hydrogen-bond donors (Lipinski definition) is 1. The zero-order valence-electron chi connectivity index (χ0n) is 7.21. The monoisotopic (exact) mass is 174 g/mol. The number of cyclic esters (lactones) is 2. The quantitative estimate of drug-likeness (QED) is 0.647. The first-order chi connectivity index (χ1) is 5.72. The number of hydrogen-bond acceptors (Lipinski definition) is 4. The number of aliphatic hydroxyl groups excluding tert-OH is 1. The molecule has 0 spiro atoms. The van der Waals surface area contributed by atoms with E-state index in [0.717, 1.165) is 6.42 Å². The molecule has 0 saturated carbocycles. The van der Waals surface area contributed by atoms with Crippen molar-refractivity contribution in [2.45, 2.75) is 19.8 Å². The molecule has 70 valence electrons. The summed E-state index contributed by atoms with van der Waals surface area (Å²) in [4.78, 5) is 10.6. The summed E-state index contributed by atoms with van der Waals surface area (Å²) >= 11 is 0. The molecule has 0 aromatic rings. The van der Waals surface area contributed by atoms with Crippen LogP contribution in [0.5, 0.6) is 0 Å². The van der Waals surface area contributed by atoms with Crippen LogP contribution in [-0.2, 0) is 9.47 Å². The van der Waals surface area contributed by atoms with E-state index in [1.165, 1.54) is 0 Å². The van der Waals surface area contributed by atoms with E-state index in [-0.39, 0.29) is 12.0 Å². The van der Waals surface area contributed by atoms with E-state index < -0.39 is 6.16 Å². The summed E-state index contributed by atoms with van der Waals surface area (Å²) in [6.45, 7) is 2.83. The Kier molecular flexibility index (Phi) is 2.92. The van der Waals surface area contributed by atoms with Gasteiger partial charge in [0.15, 0.2) is 0 Å². The molecule has 0 aromatic carbocycles. The molecular weight excluding hydrogens is 160 g/mol. The van der Waals surface area contributed by atoms with Gasteiger partial charge < -0.3 is 14.6 Å². The molecular formula is C8H14O4. The highest BCUT2D eigenvalue weighted by Crippen LogP contribution is 2.30. The predicted molar refractivity (Wildman–Crippen MR) is 41.7 cm³/mol. The summed E-state index contributed by atoms with van der Waals surface area (Å²) in [5.74, 6) is 0. The van der Waals surface area contributed by atoms with E-state index >= 15 is 0 Å². The van der Waals surface area contributed by atoms with Gasteiger partial charge in [-0.15, -0.1) is 0 Å². The largest absolute Gasteiger partial charge is 0.508 e. The van der Waals surface area contributed by atoms with Crippen LogP contribution in [0.4, 0.5) is 4.79 Å². The molecule has 0 aliphatic carbocycles. The van der Waals surface area contributed by atoms with E-state index in [2.05, 4.69) is 0 Å². The maximum Gasteiger partial charge on any atom is 0.508 e. The molecule has 0 aromatic heterocycles. The minimum Gasteiger partial charge on any atom is -0.434 e. The molecule has 0 atom stereocenters. The lowest BCUT2D eigenvalue weighted by atomic mass is 9.83. The molecule has 1 heterocycles. The van der Waals surface area contributed by atoms with Crippen LogP contribution in [0.15, 0.2) is 0 Å². The molecule has 4 nitrogen and oxygen atoms in total. The molecule has 1 saturated heterocycles. The van der Waals surface area contributed by atoms with Crippen molar-refractivity contribution >= 4 is 6.16 Å². The molecule has 1 aliphatic heterocycles. The van der Waals surface area contributed by atoms with Gasteiger partial charge in [0.05, 0.1) is 0 Å². The molecule has 0 unspecified atom stereocenters. The van der Waals surface area contributed by atoms with E-state index in [1.807, 2.05) is 6.92 Å². The van der Waals surface area contributed by atoms with Crippen LogP contribution in [0.25, 0.3) is 0 Å². The first-order valence-corrected chi connectivity index (χ1v) is 4.13. The third kappa shape index (κ3) is 1.88. The third-order valence-electron chi connectivity index (χ3n) is 2.38. The van der Waals surface area contributed by atoms with E-state index in [0.29, 0.717) is 19.6 Å². The van der Waals surface area contributed by atoms with Crippen molar-refractivity contribution in [3.8, 4) is 0 Å². The fourth-order valence-electron chi connectivity index (χ4n) is 1.27. The number of rotatable bonds is 3. The summed E-state index contributed by atoms with van der Waals surface area (Å²) in [6, 6.07) is 0. The van der Waals surface area contributed by atoms with Crippen molar-refractivity contribution < 1.29 is 19.4 Å². The Morgan fingerprint density at radius 3 is 2.50 bits per heavy atom. The van der Waals surface area contributed by atoms with E-state index in [9.17, 15) is 4.79 Å². The Hall–Kier alpha value is -0.770. The first kappa shape index (κ1) is 9.32. The number of aliphatic hydroxyl groups is 1. The van der Waals surface area contributed by atoms with Gasteiger partial charge in [-0.1, -0.05) is 6.92 Å². The molecule has 12 heavy (non-hydrogen) atoms. The smallest absolute Gasteiger partial charge is 0.434 e. The van der Waals surface area contributed by atoms with Gasteiger partial charge in [-0.3, -0.25) is 0 Å². The fraction of sp³-hybridized carbons (Fsp3) is 0.875. The van der Waals surface area contributed by atoms with Crippen molar-refractivity contribution in [3.05, 3.63) is 0 Å². The maximum atomic E-state index is 10.6. The Balaban J connectivity index is 2.50. The van der Waals surface area contributed by atoms with Crippen molar-refractivity contribution in [1.82, 2.24) is 0 Å². The summed E-state index contributed by atoms with van der Waals surface area (Å²) < 4.78 is 9.53. The lowest BCUT2D eigenvalue weighted by Crippen LogP contribution is -2.39. The van der Waals surface area contributed by atoms with Crippen LogP contribution < -0.4 is 0 Å². The molecule has 0 bridgehead atoms. The van der Waals surface area contributed by atoms with Gasteiger partial charge in [0.2, 0.25) is 0 Å². The zero-order chi connectivity index (χ0) is 9.03. The summed E-state index contributed by atoms with van der Waals surface area (Å²) in [7, 11) is 0. The van der Waals surface area contributed by atoms with Gasteiger partial charge in [-0.25, -0.2) is 4.79 Å². The minimum absolute atomic E-state index is 0.106. The average Bonchev–Trinajstić information content (AvgIpc) is 2.10. The fourth-order valence-corrected chi connectivity index (χ4v) is 1.27. The molecule has 4 heteroatoms. The van der Waals surface area contributed by atoms with E-state index in [4.69, 9.17) is 14.6 Å². The Bertz CT molecular complexity index is 156. The van der Waals surface area contributed by atoms with Crippen molar-refractivity contribution in [3.63, 3.8) is 0 Å². The summed E-state index contributed by atoms with van der Waals surface area (Å²) in [5, 5.41) is 8.78. The Morgan fingerprint density at radius 2 is 2.08 bits per heavy atom. The standard InChI is InChI=1S/C8H14O4/c1-2-8(3-4-9)5-11-7(10)12-6-8/h9H,2-6H2,1H3. The molecule has 0 radical (unpaired) electrons. The second-order valence-corrected chi connectivity index (χ2v) is 3.15. The van der Waals surface area contributed by atoms with Gasteiger partial charge in [-0.2, -0.15) is 0 Å². The molecule has 1 fully saturated rings. The van der Waals surface area contributed by atoms with Gasteiger partial charge in [0, 0.05) is 12.0 Å². The average molecular weight is 174 g/mol. The summed E-state index contributed by atoms with van der Waals surface area (Å²) in [6.07, 6.45) is 0.870. The van der Waals surface area contributed by atoms with Crippen molar-refractivity contribution in [2.75, 3.05) is 19.8 Å². The van der Waals surface area contributed by atoms with Crippen LogP contribution >= 0.6 is 0 Å². The van der Waals surface area contributed by atoms with Crippen molar-refractivity contribution in [1.29, 1.82) is 0 Å². The lowest BCUT2D eigenvalue weighted by Gasteiger charge is -2.34. The van der Waals surface area contributed by atoms with E-state index in [1.54, 1.807) is 0 Å². The van der Waals surface area contributed by atoms with Crippen LogP contribution in [0, 0.1) is 5.41 Å². The minimum atomic E-state index is -0.600. The van der Waals surface area contributed by atoms with Gasteiger partial charge in [0.25, 0.3) is 0 Å². The normalized spacial score (nSPS) is 21.3. The van der Waals surface area contributed by atoms with Crippen LogP contribution in [0.2, 0.25) is 0 Å². The van der Waals surface area contributed by atoms with Gasteiger partial charge in [0.1, 0.15) is 13.2 Å². The highest BCUT2D eigenvalue weighted by molar-refractivity contribution is 5.60. The van der Waals surface area contributed by atoms with Crippen LogP contribution in [0.3, 0.4) is 0 Å². The highest BCUT2D eigenvalue weighted by Gasteiger charge is 2.35. The number of ether oxygens (including phenoxy) is 2. The van der Waals surface area contributed by atoms with Gasteiger partial charge in [-0.05, 0) is 12.8 Å². The third-order valence-corrected chi connectivity index (χ3v) is 2.38. The second-order valence-electron chi connectivity index (χ2n) is 3.15. The topological polar surface area (TPSA) is 55.8 Å². The summed E-state index contributed by atoms with van der Waals surface area (Å²) in [5.41, 5.74) is -0.164. The Labute approximate surface area is 71.5 Å². The van der Waals surface area contributed by atoms with Crippen LogP contribution in [-0.4, -0.2) is 31.1 Å². The van der Waals surface area contributed by atoms with Gasteiger partial charge >= 0.3 is 6.16 Å². The zero-order valence-corrected chi connectivity index (χ0v) is 7.21. The Morgan fingerprint density at radius 1 is 1.50 bits per heavy atom. The number of carbonyl (C=O) groups is 1.